The summed E-state index contributed by atoms with van der Waals surface area (Å²) in [7, 11) is 0. The number of anilines is 1. The van der Waals surface area contributed by atoms with Crippen LogP contribution in [0.3, 0.4) is 0 Å². The van der Waals surface area contributed by atoms with Crippen LogP contribution in [-0.4, -0.2) is 5.91 Å². The Balaban J connectivity index is 1.89. The van der Waals surface area contributed by atoms with Crippen molar-refractivity contribution in [2.24, 2.45) is 0 Å². The second-order valence-electron chi connectivity index (χ2n) is 5.04. The number of para-hydroxylation sites is 1. The zero-order valence-corrected chi connectivity index (χ0v) is 12.7. The van der Waals surface area contributed by atoms with E-state index in [0.29, 0.717) is 17.9 Å². The Morgan fingerprint density at radius 2 is 2.00 bits per heavy atom. The molecule has 0 aliphatic heterocycles. The van der Waals surface area contributed by atoms with Crippen LogP contribution in [0, 0.1) is 0 Å². The maximum Gasteiger partial charge on any atom is 0.220 e. The highest BCUT2D eigenvalue weighted by Crippen LogP contribution is 2.18. The number of nitrogens with one attached hydrogen (secondary N) is 1. The minimum absolute atomic E-state index is 0.00530. The fourth-order valence-electron chi connectivity index (χ4n) is 2.18. The van der Waals surface area contributed by atoms with E-state index in [-0.39, 0.29) is 11.9 Å². The molecule has 110 valence electrons. The molecule has 1 amide bonds. The van der Waals surface area contributed by atoms with Crippen molar-refractivity contribution in [2.45, 2.75) is 25.8 Å². The molecule has 3 nitrogen and oxygen atoms in total. The molecule has 0 bridgehead atoms. The summed E-state index contributed by atoms with van der Waals surface area (Å²) >= 11 is 5.96. The topological polar surface area (TPSA) is 55.1 Å². The maximum absolute atomic E-state index is 12.0. The molecule has 3 N–H and O–H groups in total. The van der Waals surface area contributed by atoms with E-state index in [1.165, 1.54) is 0 Å². The lowest BCUT2D eigenvalue weighted by atomic mass is 10.1. The zero-order chi connectivity index (χ0) is 15.2. The minimum Gasteiger partial charge on any atom is -0.399 e. The van der Waals surface area contributed by atoms with Gasteiger partial charge in [0.05, 0.1) is 6.04 Å². The summed E-state index contributed by atoms with van der Waals surface area (Å²) in [6.07, 6.45) is 1.06. The molecule has 0 fully saturated rings. The molecule has 1 atom stereocenters. The van der Waals surface area contributed by atoms with Gasteiger partial charge in [0.2, 0.25) is 5.91 Å². The van der Waals surface area contributed by atoms with Crippen molar-refractivity contribution >= 4 is 23.2 Å². The van der Waals surface area contributed by atoms with Crippen LogP contribution in [0.15, 0.2) is 48.5 Å². The van der Waals surface area contributed by atoms with E-state index in [4.69, 9.17) is 17.3 Å². The second-order valence-corrected chi connectivity index (χ2v) is 5.48. The van der Waals surface area contributed by atoms with Crippen LogP contribution in [0.2, 0.25) is 5.02 Å². The molecule has 0 radical (unpaired) electrons. The SMILES string of the molecule is C[C@@H](NC(=O)CCc1ccccc1N)c1cccc(Cl)c1. The van der Waals surface area contributed by atoms with Gasteiger partial charge in [-0.15, -0.1) is 0 Å². The molecule has 2 aromatic carbocycles. The molecule has 4 heteroatoms. The first kappa shape index (κ1) is 15.4. The molecule has 0 aliphatic carbocycles. The first-order chi connectivity index (χ1) is 10.1. The molecule has 2 rings (SSSR count). The Bertz CT molecular complexity index is 628. The van der Waals surface area contributed by atoms with Gasteiger partial charge in [-0.3, -0.25) is 4.79 Å². The van der Waals surface area contributed by atoms with Crippen LogP contribution >= 0.6 is 11.6 Å². The molecule has 0 saturated heterocycles. The summed E-state index contributed by atoms with van der Waals surface area (Å²) < 4.78 is 0. The predicted octanol–water partition coefficient (Wildman–Crippen LogP) is 3.73. The number of benzene rings is 2. The summed E-state index contributed by atoms with van der Waals surface area (Å²) in [4.78, 5) is 12.0. The lowest BCUT2D eigenvalue weighted by Crippen LogP contribution is -2.26. The number of halogens is 1. The fourth-order valence-corrected chi connectivity index (χ4v) is 2.38. The van der Waals surface area contributed by atoms with E-state index in [2.05, 4.69) is 5.32 Å². The van der Waals surface area contributed by atoms with Crippen molar-refractivity contribution < 1.29 is 4.79 Å². The summed E-state index contributed by atoms with van der Waals surface area (Å²) in [5.41, 5.74) is 8.60. The molecular weight excluding hydrogens is 284 g/mol. The maximum atomic E-state index is 12.0. The largest absolute Gasteiger partial charge is 0.399 e. The number of hydrogen-bond acceptors (Lipinski definition) is 2. The monoisotopic (exact) mass is 302 g/mol. The average molecular weight is 303 g/mol. The van der Waals surface area contributed by atoms with Crippen LogP contribution < -0.4 is 11.1 Å². The van der Waals surface area contributed by atoms with Crippen LogP contribution in [0.1, 0.15) is 30.5 Å². The molecule has 21 heavy (non-hydrogen) atoms. The molecule has 0 aromatic heterocycles. The summed E-state index contributed by atoms with van der Waals surface area (Å²) in [6.45, 7) is 1.94. The highest BCUT2D eigenvalue weighted by Gasteiger charge is 2.10. The highest BCUT2D eigenvalue weighted by atomic mass is 35.5. The first-order valence-corrected chi connectivity index (χ1v) is 7.32. The Hall–Kier alpha value is -2.00. The van der Waals surface area contributed by atoms with Gasteiger partial charge < -0.3 is 11.1 Å². The van der Waals surface area contributed by atoms with E-state index in [0.717, 1.165) is 16.8 Å². The van der Waals surface area contributed by atoms with Gasteiger partial charge in [0, 0.05) is 17.1 Å². The van der Waals surface area contributed by atoms with E-state index in [1.54, 1.807) is 0 Å². The summed E-state index contributed by atoms with van der Waals surface area (Å²) in [5, 5.41) is 3.65. The molecule has 0 unspecified atom stereocenters. The number of hydrogen-bond donors (Lipinski definition) is 2. The van der Waals surface area contributed by atoms with E-state index < -0.39 is 0 Å². The van der Waals surface area contributed by atoms with Gasteiger partial charge in [0.15, 0.2) is 0 Å². The molecule has 0 spiro atoms. The number of carbonyl (C=O) groups is 1. The quantitative estimate of drug-likeness (QED) is 0.827. The number of aryl methyl sites for hydroxylation is 1. The van der Waals surface area contributed by atoms with E-state index >= 15 is 0 Å². The minimum atomic E-state index is -0.0654. The molecule has 0 aliphatic rings. The third-order valence-corrected chi connectivity index (χ3v) is 3.64. The van der Waals surface area contributed by atoms with Gasteiger partial charge in [0.1, 0.15) is 0 Å². The van der Waals surface area contributed by atoms with Gasteiger partial charge in [-0.05, 0) is 42.7 Å². The Kier molecular flexibility index (Phi) is 5.23. The highest BCUT2D eigenvalue weighted by molar-refractivity contribution is 6.30. The van der Waals surface area contributed by atoms with Crippen molar-refractivity contribution in [3.05, 3.63) is 64.7 Å². The van der Waals surface area contributed by atoms with Crippen molar-refractivity contribution in [1.82, 2.24) is 5.32 Å². The van der Waals surface area contributed by atoms with Crippen LogP contribution in [0.4, 0.5) is 5.69 Å². The second kappa shape index (κ2) is 7.14. The van der Waals surface area contributed by atoms with E-state index in [9.17, 15) is 4.79 Å². The van der Waals surface area contributed by atoms with Gasteiger partial charge in [0.25, 0.3) is 0 Å². The molecule has 0 heterocycles. The van der Waals surface area contributed by atoms with Crippen molar-refractivity contribution in [3.8, 4) is 0 Å². The number of amides is 1. The number of carbonyl (C=O) groups excluding carboxylic acids is 1. The zero-order valence-electron chi connectivity index (χ0n) is 12.0. The van der Waals surface area contributed by atoms with Gasteiger partial charge >= 0.3 is 0 Å². The molecular formula is C17H19ClN2O. The number of nitrogen functional groups attached to an aromatic ring is 1. The normalized spacial score (nSPS) is 11.9. The van der Waals surface area contributed by atoms with Gasteiger partial charge in [-0.1, -0.05) is 41.9 Å². The Morgan fingerprint density at radius 1 is 1.24 bits per heavy atom. The number of rotatable bonds is 5. The standard InChI is InChI=1S/C17H19ClN2O/c1-12(14-6-4-7-15(18)11-14)20-17(21)10-9-13-5-2-3-8-16(13)19/h2-8,11-12H,9-10,19H2,1H3,(H,20,21)/t12-/m1/s1. The first-order valence-electron chi connectivity index (χ1n) is 6.94. The lowest BCUT2D eigenvalue weighted by molar-refractivity contribution is -0.121. The van der Waals surface area contributed by atoms with Crippen molar-refractivity contribution in [2.75, 3.05) is 5.73 Å². The van der Waals surface area contributed by atoms with Gasteiger partial charge in [-0.25, -0.2) is 0 Å². The van der Waals surface area contributed by atoms with Crippen molar-refractivity contribution in [3.63, 3.8) is 0 Å². The third-order valence-electron chi connectivity index (χ3n) is 3.40. The average Bonchev–Trinajstić information content (AvgIpc) is 2.46. The molecule has 2 aromatic rings. The summed E-state index contributed by atoms with van der Waals surface area (Å²) in [6, 6.07) is 15.1. The lowest BCUT2D eigenvalue weighted by Gasteiger charge is -2.15. The van der Waals surface area contributed by atoms with Gasteiger partial charge in [-0.2, -0.15) is 0 Å². The van der Waals surface area contributed by atoms with E-state index in [1.807, 2.05) is 55.5 Å². The van der Waals surface area contributed by atoms with Crippen LogP contribution in [-0.2, 0) is 11.2 Å². The fraction of sp³-hybridized carbons (Fsp3) is 0.235. The van der Waals surface area contributed by atoms with Crippen molar-refractivity contribution in [1.29, 1.82) is 0 Å². The number of nitrogens with two attached hydrogens (primary N) is 1. The Morgan fingerprint density at radius 3 is 2.71 bits per heavy atom. The van der Waals surface area contributed by atoms with Crippen LogP contribution in [0.5, 0.6) is 0 Å². The smallest absolute Gasteiger partial charge is 0.220 e. The predicted molar refractivity (Wildman–Crippen MR) is 87.2 cm³/mol. The Labute approximate surface area is 130 Å². The van der Waals surface area contributed by atoms with Crippen LogP contribution in [0.25, 0.3) is 0 Å². The third kappa shape index (κ3) is 4.50. The summed E-state index contributed by atoms with van der Waals surface area (Å²) in [5.74, 6) is 0.00530. The molecule has 0 saturated carbocycles.